The Balaban J connectivity index is 0.000000217. The van der Waals surface area contributed by atoms with Crippen LogP contribution in [0.4, 0.5) is 0 Å². The van der Waals surface area contributed by atoms with Crippen molar-refractivity contribution in [2.24, 2.45) is 5.92 Å². The van der Waals surface area contributed by atoms with Gasteiger partial charge < -0.3 is 4.74 Å². The molecular weight excluding hydrogens is 150 g/mol. The molecule has 1 fully saturated rings. The minimum atomic E-state index is -0.0556. The van der Waals surface area contributed by atoms with Gasteiger partial charge in [-0.05, 0) is 19.8 Å². The van der Waals surface area contributed by atoms with E-state index in [2.05, 4.69) is 26.1 Å². The first-order valence-electron chi connectivity index (χ1n) is 4.87. The molecule has 1 rings (SSSR count). The predicted octanol–water partition coefficient (Wildman–Crippen LogP) is 2.39. The molecule has 0 amide bonds. The first-order valence-corrected chi connectivity index (χ1v) is 4.87. The summed E-state index contributed by atoms with van der Waals surface area (Å²) in [6, 6.07) is 0. The number of ether oxygens (including phenoxy) is 1. The van der Waals surface area contributed by atoms with Crippen molar-refractivity contribution < 1.29 is 4.74 Å². The maximum atomic E-state index is 5.23. The fraction of sp³-hybridized carbons (Fsp3) is 1.00. The van der Waals surface area contributed by atoms with Crippen LogP contribution in [0.15, 0.2) is 0 Å². The molecule has 1 N–H and O–H groups in total. The zero-order valence-electron chi connectivity index (χ0n) is 9.11. The maximum absolute atomic E-state index is 5.23. The molecule has 0 aromatic heterocycles. The first-order chi connectivity index (χ1) is 5.48. The Kier molecular flexibility index (Phi) is 5.51. The minimum Gasteiger partial charge on any atom is -0.360 e. The van der Waals surface area contributed by atoms with Crippen molar-refractivity contribution in [3.8, 4) is 0 Å². The third-order valence-corrected chi connectivity index (χ3v) is 1.93. The molecule has 2 heteroatoms. The van der Waals surface area contributed by atoms with Gasteiger partial charge in [0.2, 0.25) is 0 Å². The monoisotopic (exact) mass is 173 g/mol. The zero-order valence-corrected chi connectivity index (χ0v) is 9.11. The molecule has 0 bridgehead atoms. The summed E-state index contributed by atoms with van der Waals surface area (Å²) >= 11 is 0. The van der Waals surface area contributed by atoms with E-state index < -0.39 is 0 Å². The second kappa shape index (κ2) is 5.55. The molecule has 0 aromatic rings. The van der Waals surface area contributed by atoms with Gasteiger partial charge >= 0.3 is 0 Å². The lowest BCUT2D eigenvalue weighted by atomic mass is 10.2. The van der Waals surface area contributed by atoms with Crippen LogP contribution in [0.1, 0.15) is 41.0 Å². The van der Waals surface area contributed by atoms with E-state index in [1.165, 1.54) is 6.42 Å². The second-order valence-electron chi connectivity index (χ2n) is 4.09. The highest BCUT2D eigenvalue weighted by molar-refractivity contribution is 4.70. The van der Waals surface area contributed by atoms with E-state index in [0.29, 0.717) is 0 Å². The Labute approximate surface area is 76.7 Å². The van der Waals surface area contributed by atoms with E-state index in [-0.39, 0.29) is 5.72 Å². The van der Waals surface area contributed by atoms with Gasteiger partial charge in [-0.25, -0.2) is 0 Å². The van der Waals surface area contributed by atoms with E-state index in [9.17, 15) is 0 Å². The van der Waals surface area contributed by atoms with Crippen molar-refractivity contribution in [3.63, 3.8) is 0 Å². The van der Waals surface area contributed by atoms with Crippen molar-refractivity contribution >= 4 is 0 Å². The number of hydrogen-bond acceptors (Lipinski definition) is 2. The quantitative estimate of drug-likeness (QED) is 0.657. The van der Waals surface area contributed by atoms with Crippen molar-refractivity contribution in [1.82, 2.24) is 5.32 Å². The largest absolute Gasteiger partial charge is 0.360 e. The Morgan fingerprint density at radius 3 is 2.00 bits per heavy atom. The lowest BCUT2D eigenvalue weighted by molar-refractivity contribution is 0.0233. The molecule has 1 heterocycles. The standard InChI is InChI=1S/C5H11NO.C5H12/c1-5(2)6-3-4-7-5;1-4-5(2)3/h6H,3-4H2,1-2H3;5H,4H2,1-3H3. The van der Waals surface area contributed by atoms with Crippen LogP contribution in [0.5, 0.6) is 0 Å². The highest BCUT2D eigenvalue weighted by Crippen LogP contribution is 2.07. The molecule has 0 aromatic carbocycles. The van der Waals surface area contributed by atoms with Crippen LogP contribution in [0.2, 0.25) is 0 Å². The molecule has 12 heavy (non-hydrogen) atoms. The molecular formula is C10H23NO. The third-order valence-electron chi connectivity index (χ3n) is 1.93. The fourth-order valence-corrected chi connectivity index (χ4v) is 0.709. The van der Waals surface area contributed by atoms with Crippen LogP contribution in [-0.4, -0.2) is 18.9 Å². The van der Waals surface area contributed by atoms with Gasteiger partial charge in [-0.15, -0.1) is 0 Å². The van der Waals surface area contributed by atoms with Crippen molar-refractivity contribution in [1.29, 1.82) is 0 Å². The smallest absolute Gasteiger partial charge is 0.113 e. The Morgan fingerprint density at radius 1 is 1.42 bits per heavy atom. The average molecular weight is 173 g/mol. The number of hydrogen-bond donors (Lipinski definition) is 1. The van der Waals surface area contributed by atoms with Gasteiger partial charge in [0.15, 0.2) is 0 Å². The van der Waals surface area contributed by atoms with E-state index in [0.717, 1.165) is 19.1 Å². The second-order valence-corrected chi connectivity index (χ2v) is 4.09. The summed E-state index contributed by atoms with van der Waals surface area (Å²) in [7, 11) is 0. The zero-order chi connectivity index (χ0) is 9.61. The van der Waals surface area contributed by atoms with Gasteiger partial charge in [-0.1, -0.05) is 27.2 Å². The van der Waals surface area contributed by atoms with E-state index >= 15 is 0 Å². The third kappa shape index (κ3) is 6.62. The van der Waals surface area contributed by atoms with Crippen LogP contribution in [0.3, 0.4) is 0 Å². The molecule has 74 valence electrons. The molecule has 1 saturated heterocycles. The molecule has 0 unspecified atom stereocenters. The normalized spacial score (nSPS) is 20.5. The molecule has 0 spiro atoms. The van der Waals surface area contributed by atoms with Crippen LogP contribution >= 0.6 is 0 Å². The summed E-state index contributed by atoms with van der Waals surface area (Å²) in [4.78, 5) is 0. The van der Waals surface area contributed by atoms with Crippen LogP contribution in [0, 0.1) is 5.92 Å². The molecule has 0 radical (unpaired) electrons. The SMILES string of the molecule is CC1(C)NCCO1.CCC(C)C. The summed E-state index contributed by atoms with van der Waals surface area (Å²) in [5, 5.41) is 3.17. The van der Waals surface area contributed by atoms with Crippen LogP contribution < -0.4 is 5.32 Å². The average Bonchev–Trinajstić information content (AvgIpc) is 2.35. The molecule has 1 aliphatic heterocycles. The van der Waals surface area contributed by atoms with Crippen molar-refractivity contribution in [3.05, 3.63) is 0 Å². The lowest BCUT2D eigenvalue weighted by Crippen LogP contribution is -2.33. The number of nitrogens with one attached hydrogen (secondary N) is 1. The predicted molar refractivity (Wildman–Crippen MR) is 53.2 cm³/mol. The highest BCUT2D eigenvalue weighted by atomic mass is 16.5. The molecule has 2 nitrogen and oxygen atoms in total. The summed E-state index contributed by atoms with van der Waals surface area (Å²) in [5.74, 6) is 0.884. The summed E-state index contributed by atoms with van der Waals surface area (Å²) in [6.07, 6.45) is 1.31. The fourth-order valence-electron chi connectivity index (χ4n) is 0.709. The highest BCUT2D eigenvalue weighted by Gasteiger charge is 2.21. The number of rotatable bonds is 1. The van der Waals surface area contributed by atoms with Crippen molar-refractivity contribution in [2.75, 3.05) is 13.2 Å². The Morgan fingerprint density at radius 2 is 1.92 bits per heavy atom. The minimum absolute atomic E-state index is 0.0556. The molecule has 1 aliphatic rings. The van der Waals surface area contributed by atoms with Gasteiger partial charge in [-0.2, -0.15) is 0 Å². The van der Waals surface area contributed by atoms with Crippen LogP contribution in [0.25, 0.3) is 0 Å². The Bertz CT molecular complexity index is 102. The molecule has 0 aliphatic carbocycles. The topological polar surface area (TPSA) is 21.3 Å². The maximum Gasteiger partial charge on any atom is 0.113 e. The van der Waals surface area contributed by atoms with Gasteiger partial charge in [0.25, 0.3) is 0 Å². The van der Waals surface area contributed by atoms with Crippen LogP contribution in [-0.2, 0) is 4.74 Å². The summed E-state index contributed by atoms with van der Waals surface area (Å²) in [6.45, 7) is 12.5. The van der Waals surface area contributed by atoms with E-state index in [4.69, 9.17) is 4.74 Å². The van der Waals surface area contributed by atoms with Gasteiger partial charge in [0.1, 0.15) is 5.72 Å². The van der Waals surface area contributed by atoms with Gasteiger partial charge in [0.05, 0.1) is 6.61 Å². The lowest BCUT2D eigenvalue weighted by Gasteiger charge is -2.15. The van der Waals surface area contributed by atoms with E-state index in [1.807, 2.05) is 13.8 Å². The Hall–Kier alpha value is -0.0800. The van der Waals surface area contributed by atoms with Gasteiger partial charge in [-0.3, -0.25) is 5.32 Å². The molecule has 0 saturated carbocycles. The van der Waals surface area contributed by atoms with Gasteiger partial charge in [0, 0.05) is 6.54 Å². The van der Waals surface area contributed by atoms with Crippen molar-refractivity contribution in [2.45, 2.75) is 46.8 Å². The molecule has 0 atom stereocenters. The first kappa shape index (κ1) is 11.9. The summed E-state index contributed by atoms with van der Waals surface area (Å²) < 4.78 is 5.23. The summed E-state index contributed by atoms with van der Waals surface area (Å²) in [5.41, 5.74) is -0.0556. The van der Waals surface area contributed by atoms with E-state index in [1.54, 1.807) is 0 Å².